The maximum absolute atomic E-state index is 15.8. The molecule has 0 aliphatic heterocycles. The number of ether oxygens (including phenoxy) is 3. The monoisotopic (exact) mass is 868 g/mol. The number of aromatic nitrogens is 7. The van der Waals surface area contributed by atoms with Gasteiger partial charge in [-0.25, -0.2) is 26.1 Å². The van der Waals surface area contributed by atoms with Gasteiger partial charge in [0.2, 0.25) is 21.8 Å². The van der Waals surface area contributed by atoms with Gasteiger partial charge in [0, 0.05) is 25.2 Å². The number of rotatable bonds is 17. The van der Waals surface area contributed by atoms with Crippen molar-refractivity contribution in [3.8, 4) is 39.9 Å². The van der Waals surface area contributed by atoms with E-state index >= 15 is 8.42 Å². The first-order chi connectivity index (χ1) is 29.3. The summed E-state index contributed by atoms with van der Waals surface area (Å²) in [4.78, 5) is 15.6. The summed E-state index contributed by atoms with van der Waals surface area (Å²) in [6.45, 7) is -0.892. The highest BCUT2D eigenvalue weighted by Gasteiger charge is 2.38. The van der Waals surface area contributed by atoms with Crippen LogP contribution in [-0.2, 0) is 39.5 Å². The van der Waals surface area contributed by atoms with E-state index in [9.17, 15) is 18.3 Å². The number of hydrogen-bond acceptors (Lipinski definition) is 14. The van der Waals surface area contributed by atoms with Crippen molar-refractivity contribution in [1.82, 2.24) is 44.4 Å². The number of nitrogens with zero attached hydrogens (tertiary/aromatic N) is 8. The average molecular weight is 869 g/mol. The molecule has 0 aliphatic carbocycles. The Morgan fingerprint density at radius 3 is 1.90 bits per heavy atom. The van der Waals surface area contributed by atoms with Crippen molar-refractivity contribution < 1.29 is 40.9 Å². The van der Waals surface area contributed by atoms with E-state index in [2.05, 4.69) is 30.8 Å². The molecule has 0 spiro atoms. The van der Waals surface area contributed by atoms with Gasteiger partial charge in [-0.05, 0) is 76.5 Å². The van der Waals surface area contributed by atoms with Crippen LogP contribution in [0.4, 0.5) is 10.7 Å². The number of anilines is 1. The third-order valence-electron chi connectivity index (χ3n) is 9.55. The van der Waals surface area contributed by atoms with Crippen LogP contribution in [0.2, 0.25) is 0 Å². The summed E-state index contributed by atoms with van der Waals surface area (Å²) in [5.74, 6) is 0.618. The number of nitrogens with one attached hydrogen (secondary N) is 1. The molecule has 0 bridgehead atoms. The molecule has 3 aromatic heterocycles. The molecular weight excluding hydrogens is 829 g/mol. The number of methoxy groups -OCH3 is 3. The normalized spacial score (nSPS) is 11.8. The standard InChI is InChI=1S/C40H40N10O9S2/c1-57-29-13-7-26(8-14-29)23-48(24-27-9-15-30(58-2)16-10-27)61(55,56)37-34(60(53,54)22-21-42-40(51)52)20-19-32(33-5-4-6-35-43-39(41)46-50(33)35)36(37)38-44-47-49(45-38)25-28-11-17-31(59-3)18-12-28/h4-20,42H,21-25H2,1-3H3,(H2,41,46)(H,51,52). The van der Waals surface area contributed by atoms with E-state index < -0.39 is 48.0 Å². The van der Waals surface area contributed by atoms with Gasteiger partial charge in [-0.2, -0.15) is 14.1 Å². The third-order valence-corrected chi connectivity index (χ3v) is 13.3. The largest absolute Gasteiger partial charge is 0.497 e. The first-order valence-electron chi connectivity index (χ1n) is 18.4. The predicted octanol–water partition coefficient (Wildman–Crippen LogP) is 4.14. The molecule has 3 heterocycles. The summed E-state index contributed by atoms with van der Waals surface area (Å²) in [7, 11) is -4.98. The Kier molecular flexibility index (Phi) is 12.2. The Balaban J connectivity index is 1.50. The lowest BCUT2D eigenvalue weighted by Crippen LogP contribution is -2.33. The molecule has 1 amide bonds. The molecule has 61 heavy (non-hydrogen) atoms. The number of fused-ring (bicyclic) bond motifs is 1. The summed E-state index contributed by atoms with van der Waals surface area (Å²) in [5.41, 5.74) is 8.40. The van der Waals surface area contributed by atoms with Crippen LogP contribution in [0.25, 0.3) is 28.3 Å². The highest BCUT2D eigenvalue weighted by atomic mass is 32.2. The first kappa shape index (κ1) is 42.0. The number of sulfone groups is 1. The Morgan fingerprint density at radius 1 is 0.770 bits per heavy atom. The maximum Gasteiger partial charge on any atom is 0.404 e. The second-order valence-electron chi connectivity index (χ2n) is 13.5. The van der Waals surface area contributed by atoms with Gasteiger partial charge in [-0.3, -0.25) is 0 Å². The second kappa shape index (κ2) is 17.6. The Morgan fingerprint density at radius 2 is 1.34 bits per heavy atom. The Hall–Kier alpha value is -7.10. The van der Waals surface area contributed by atoms with Gasteiger partial charge in [0.05, 0.1) is 49.8 Å². The van der Waals surface area contributed by atoms with E-state index in [1.165, 1.54) is 35.7 Å². The van der Waals surface area contributed by atoms with E-state index in [0.29, 0.717) is 34.0 Å². The zero-order valence-corrected chi connectivity index (χ0v) is 34.7. The van der Waals surface area contributed by atoms with E-state index in [0.717, 1.165) is 9.87 Å². The average Bonchev–Trinajstić information content (AvgIpc) is 3.89. The number of nitrogen functional groups attached to an aromatic ring is 1. The van der Waals surface area contributed by atoms with Crippen LogP contribution in [0.15, 0.2) is 113 Å². The van der Waals surface area contributed by atoms with Gasteiger partial charge in [-0.15, -0.1) is 15.3 Å². The van der Waals surface area contributed by atoms with Crippen molar-refractivity contribution in [2.75, 3.05) is 39.4 Å². The Labute approximate surface area is 350 Å². The van der Waals surface area contributed by atoms with Crippen molar-refractivity contribution >= 4 is 37.5 Å². The SMILES string of the molecule is COc1ccc(CN(Cc2ccc(OC)cc2)S(=O)(=O)c2c(S(=O)(=O)CCNC(=O)O)ccc(-c3cccc4nc(N)nn34)c2-c2nnn(Cc3ccc(OC)cc3)n2)cc1. The molecule has 7 rings (SSSR count). The van der Waals surface area contributed by atoms with Crippen molar-refractivity contribution in [3.05, 3.63) is 120 Å². The fourth-order valence-corrected chi connectivity index (χ4v) is 10.2. The third kappa shape index (κ3) is 9.22. The van der Waals surface area contributed by atoms with Gasteiger partial charge in [-0.1, -0.05) is 48.5 Å². The molecule has 316 valence electrons. The summed E-state index contributed by atoms with van der Waals surface area (Å²) in [6, 6.07) is 28.2. The van der Waals surface area contributed by atoms with E-state index in [1.54, 1.807) is 98.1 Å². The Bertz CT molecular complexity index is 2860. The lowest BCUT2D eigenvalue weighted by atomic mass is 10.0. The summed E-state index contributed by atoms with van der Waals surface area (Å²) in [6.07, 6.45) is -1.46. The van der Waals surface area contributed by atoms with Crippen LogP contribution in [0.3, 0.4) is 0 Å². The number of tetrazole rings is 1. The molecule has 0 saturated heterocycles. The van der Waals surface area contributed by atoms with Gasteiger partial charge in [0.1, 0.15) is 22.1 Å². The summed E-state index contributed by atoms with van der Waals surface area (Å²) in [5, 5.41) is 28.9. The van der Waals surface area contributed by atoms with Crippen molar-refractivity contribution in [2.45, 2.75) is 29.4 Å². The molecule has 0 atom stereocenters. The second-order valence-corrected chi connectivity index (χ2v) is 17.4. The molecule has 21 heteroatoms. The molecule has 4 N–H and O–H groups in total. The molecule has 19 nitrogen and oxygen atoms in total. The minimum Gasteiger partial charge on any atom is -0.497 e. The van der Waals surface area contributed by atoms with Crippen molar-refractivity contribution in [1.29, 1.82) is 0 Å². The lowest BCUT2D eigenvalue weighted by Gasteiger charge is -2.26. The van der Waals surface area contributed by atoms with Crippen LogP contribution in [0, 0.1) is 0 Å². The minimum atomic E-state index is -4.94. The molecule has 0 saturated carbocycles. The fourth-order valence-electron chi connectivity index (χ4n) is 6.56. The van der Waals surface area contributed by atoms with Crippen molar-refractivity contribution in [3.63, 3.8) is 0 Å². The molecule has 0 radical (unpaired) electrons. The van der Waals surface area contributed by atoms with E-state index in [4.69, 9.17) is 19.9 Å². The van der Waals surface area contributed by atoms with Crippen molar-refractivity contribution in [2.24, 2.45) is 0 Å². The molecular formula is C40H40N10O9S2. The van der Waals surface area contributed by atoms with Gasteiger partial charge < -0.3 is 30.4 Å². The summed E-state index contributed by atoms with van der Waals surface area (Å²) >= 11 is 0. The number of carboxylic acid groups (broad SMARTS) is 1. The topological polar surface area (TPSA) is 248 Å². The number of sulfonamides is 1. The van der Waals surface area contributed by atoms with E-state index in [-0.39, 0.29) is 48.2 Å². The number of amides is 1. The zero-order valence-electron chi connectivity index (χ0n) is 33.0. The summed E-state index contributed by atoms with van der Waals surface area (Å²) < 4.78 is 79.0. The number of hydrogen-bond donors (Lipinski definition) is 3. The quantitative estimate of drug-likeness (QED) is 0.116. The fraction of sp³-hybridized carbons (Fsp3) is 0.200. The number of pyridine rings is 1. The lowest BCUT2D eigenvalue weighted by molar-refractivity contribution is 0.195. The minimum absolute atomic E-state index is 0.0688. The molecule has 7 aromatic rings. The number of nitrogens with two attached hydrogens (primary N) is 1. The van der Waals surface area contributed by atoms with Crippen LogP contribution < -0.4 is 25.3 Å². The van der Waals surface area contributed by atoms with Gasteiger partial charge >= 0.3 is 6.09 Å². The molecule has 4 aromatic carbocycles. The van der Waals surface area contributed by atoms with Gasteiger partial charge in [0.15, 0.2) is 15.5 Å². The van der Waals surface area contributed by atoms with Crippen LogP contribution >= 0.6 is 0 Å². The highest BCUT2D eigenvalue weighted by Crippen LogP contribution is 2.42. The highest BCUT2D eigenvalue weighted by molar-refractivity contribution is 7.93. The van der Waals surface area contributed by atoms with Crippen LogP contribution in [-0.4, -0.2) is 101 Å². The zero-order chi connectivity index (χ0) is 43.3. The maximum atomic E-state index is 15.8. The molecule has 0 fully saturated rings. The first-order valence-corrected chi connectivity index (χ1v) is 21.5. The smallest absolute Gasteiger partial charge is 0.404 e. The molecule has 0 unspecified atom stereocenters. The predicted molar refractivity (Wildman–Crippen MR) is 222 cm³/mol. The van der Waals surface area contributed by atoms with E-state index in [1.807, 2.05) is 0 Å². The molecule has 0 aliphatic rings. The van der Waals surface area contributed by atoms with Crippen LogP contribution in [0.1, 0.15) is 16.7 Å². The van der Waals surface area contributed by atoms with Gasteiger partial charge in [0.25, 0.3) is 0 Å². The van der Waals surface area contributed by atoms with Crippen LogP contribution in [0.5, 0.6) is 17.2 Å². The number of carbonyl (C=O) groups is 1. The number of benzene rings is 4.